The average molecular weight is 405 g/mol. The molecule has 1 aliphatic rings. The monoisotopic (exact) mass is 403 g/mol. The molecule has 1 aromatic carbocycles. The Balaban J connectivity index is 2.13. The first-order valence-electron chi connectivity index (χ1n) is 7.36. The van der Waals surface area contributed by atoms with Crippen molar-refractivity contribution in [3.05, 3.63) is 51.5 Å². The van der Waals surface area contributed by atoms with Crippen LogP contribution in [0, 0.1) is 5.92 Å². The molecule has 3 unspecified atom stereocenters. The summed E-state index contributed by atoms with van der Waals surface area (Å²) in [5, 5.41) is 12.8. The van der Waals surface area contributed by atoms with Crippen LogP contribution in [0.3, 0.4) is 0 Å². The largest absolute Gasteiger partial charge is 0.481 e. The smallest absolute Gasteiger partial charge is 0.313 e. The van der Waals surface area contributed by atoms with Crippen molar-refractivity contribution in [3.63, 3.8) is 0 Å². The van der Waals surface area contributed by atoms with Crippen LogP contribution in [0.15, 0.2) is 36.4 Å². The molecular formula is C17H16Cl3NO4. The van der Waals surface area contributed by atoms with E-state index in [2.05, 4.69) is 5.32 Å². The van der Waals surface area contributed by atoms with Crippen molar-refractivity contribution < 1.29 is 19.4 Å². The van der Waals surface area contributed by atoms with Crippen molar-refractivity contribution in [3.8, 4) is 5.75 Å². The summed E-state index contributed by atoms with van der Waals surface area (Å²) in [6.07, 6.45) is 5.52. The third-order valence-electron chi connectivity index (χ3n) is 3.81. The van der Waals surface area contributed by atoms with Crippen molar-refractivity contribution in [1.29, 1.82) is 0 Å². The number of benzene rings is 1. The second kappa shape index (κ2) is 7.68. The number of nitrogens with one attached hydrogen (secondary N) is 1. The summed E-state index contributed by atoms with van der Waals surface area (Å²) in [6, 6.07) is 2.84. The first-order valence-corrected chi connectivity index (χ1v) is 8.49. The van der Waals surface area contributed by atoms with Gasteiger partial charge in [0.2, 0.25) is 0 Å². The Bertz CT molecular complexity index is 763. The molecule has 0 fully saturated rings. The third kappa shape index (κ3) is 4.48. The normalized spacial score (nSPS) is 23.2. The van der Waals surface area contributed by atoms with Gasteiger partial charge < -0.3 is 15.2 Å². The molecule has 0 saturated heterocycles. The van der Waals surface area contributed by atoms with E-state index in [1.165, 1.54) is 25.1 Å². The molecule has 2 N–H and O–H groups in total. The number of aliphatic carboxylic acids is 1. The lowest BCUT2D eigenvalue weighted by atomic mass is 9.82. The third-order valence-corrected chi connectivity index (χ3v) is 4.83. The quantitative estimate of drug-likeness (QED) is 0.724. The lowest BCUT2D eigenvalue weighted by Gasteiger charge is -2.34. The summed E-state index contributed by atoms with van der Waals surface area (Å²) >= 11 is 17.8. The number of carboxylic acid groups (broad SMARTS) is 1. The Hall–Kier alpha value is -1.69. The van der Waals surface area contributed by atoms with Gasteiger partial charge in [0.1, 0.15) is 11.7 Å². The summed E-state index contributed by atoms with van der Waals surface area (Å²) < 4.78 is 5.55. The van der Waals surface area contributed by atoms with Crippen molar-refractivity contribution in [2.45, 2.75) is 25.5 Å². The van der Waals surface area contributed by atoms with Crippen LogP contribution in [-0.2, 0) is 9.59 Å². The lowest BCUT2D eigenvalue weighted by molar-refractivity contribution is -0.142. The number of halogens is 3. The van der Waals surface area contributed by atoms with Crippen LogP contribution in [0.4, 0.5) is 0 Å². The molecule has 1 aliphatic carbocycles. The molecule has 1 amide bonds. The molecule has 0 aliphatic heterocycles. The molecule has 0 radical (unpaired) electrons. The number of hydrogen-bond donors (Lipinski definition) is 2. The van der Waals surface area contributed by atoms with E-state index in [4.69, 9.17) is 39.5 Å². The summed E-state index contributed by atoms with van der Waals surface area (Å²) in [4.78, 5) is 23.9. The molecular weight excluding hydrogens is 389 g/mol. The van der Waals surface area contributed by atoms with Crippen molar-refractivity contribution in [2.75, 3.05) is 0 Å². The van der Waals surface area contributed by atoms with E-state index in [1.807, 2.05) is 0 Å². The fourth-order valence-electron chi connectivity index (χ4n) is 2.40. The fraction of sp³-hybridized carbons (Fsp3) is 0.294. The second-order valence-electron chi connectivity index (χ2n) is 5.79. The van der Waals surface area contributed by atoms with Crippen LogP contribution in [0.2, 0.25) is 15.1 Å². The number of carbonyl (C=O) groups excluding carboxylic acids is 1. The van der Waals surface area contributed by atoms with Crippen LogP contribution in [0.1, 0.15) is 13.8 Å². The van der Waals surface area contributed by atoms with E-state index in [0.29, 0.717) is 0 Å². The zero-order chi connectivity index (χ0) is 18.8. The van der Waals surface area contributed by atoms with E-state index < -0.39 is 29.4 Å². The molecule has 0 aromatic heterocycles. The molecule has 0 heterocycles. The Morgan fingerprint density at radius 2 is 1.84 bits per heavy atom. The molecule has 134 valence electrons. The highest BCUT2D eigenvalue weighted by atomic mass is 35.5. The van der Waals surface area contributed by atoms with Gasteiger partial charge in [0.15, 0.2) is 6.10 Å². The van der Waals surface area contributed by atoms with Crippen molar-refractivity contribution in [2.24, 2.45) is 5.92 Å². The minimum atomic E-state index is -1.07. The van der Waals surface area contributed by atoms with E-state index in [9.17, 15) is 14.7 Å². The predicted octanol–water partition coefficient (Wildman–Crippen LogP) is 4.12. The summed E-state index contributed by atoms with van der Waals surface area (Å²) in [6.45, 7) is 3.15. The number of carbonyl (C=O) groups is 2. The van der Waals surface area contributed by atoms with Crippen LogP contribution < -0.4 is 10.1 Å². The number of ether oxygens (including phenoxy) is 1. The second-order valence-corrected chi connectivity index (χ2v) is 7.01. The summed E-state index contributed by atoms with van der Waals surface area (Å²) in [5.74, 6) is -2.21. The van der Waals surface area contributed by atoms with Crippen LogP contribution in [0.25, 0.3) is 0 Å². The highest BCUT2D eigenvalue weighted by Gasteiger charge is 2.39. The highest BCUT2D eigenvalue weighted by molar-refractivity contribution is 6.43. The number of allylic oxidation sites excluding steroid dienone is 2. The van der Waals surface area contributed by atoms with Gasteiger partial charge in [-0.2, -0.15) is 0 Å². The molecule has 1 aromatic rings. The summed E-state index contributed by atoms with van der Waals surface area (Å²) in [7, 11) is 0. The maximum atomic E-state index is 12.5. The number of rotatable bonds is 5. The zero-order valence-electron chi connectivity index (χ0n) is 13.4. The van der Waals surface area contributed by atoms with E-state index in [1.54, 1.807) is 25.2 Å². The van der Waals surface area contributed by atoms with Gasteiger partial charge in [-0.3, -0.25) is 9.59 Å². The van der Waals surface area contributed by atoms with E-state index in [0.717, 1.165) is 0 Å². The van der Waals surface area contributed by atoms with Gasteiger partial charge in [-0.25, -0.2) is 0 Å². The van der Waals surface area contributed by atoms with E-state index in [-0.39, 0.29) is 20.8 Å². The lowest BCUT2D eigenvalue weighted by Crippen LogP contribution is -2.55. The molecule has 0 bridgehead atoms. The zero-order valence-corrected chi connectivity index (χ0v) is 15.7. The number of carboxylic acids is 1. The Labute approximate surface area is 160 Å². The maximum absolute atomic E-state index is 12.5. The molecule has 25 heavy (non-hydrogen) atoms. The van der Waals surface area contributed by atoms with Gasteiger partial charge in [0.25, 0.3) is 5.91 Å². The Morgan fingerprint density at radius 3 is 2.48 bits per heavy atom. The van der Waals surface area contributed by atoms with Gasteiger partial charge in [0, 0.05) is 6.07 Å². The number of amides is 1. The molecule has 2 rings (SSSR count). The molecule has 0 saturated carbocycles. The van der Waals surface area contributed by atoms with Gasteiger partial charge >= 0.3 is 5.97 Å². The van der Waals surface area contributed by atoms with Gasteiger partial charge in [0.05, 0.1) is 20.6 Å². The maximum Gasteiger partial charge on any atom is 0.313 e. The summed E-state index contributed by atoms with van der Waals surface area (Å²) in [5.41, 5.74) is -1.07. The molecule has 3 atom stereocenters. The molecule has 5 nitrogen and oxygen atoms in total. The fourth-order valence-corrected chi connectivity index (χ4v) is 2.98. The predicted molar refractivity (Wildman–Crippen MR) is 97.5 cm³/mol. The minimum Gasteiger partial charge on any atom is -0.481 e. The highest BCUT2D eigenvalue weighted by Crippen LogP contribution is 2.34. The minimum absolute atomic E-state index is 0.206. The standard InChI is InChI=1S/C17H16Cl3NO4/c1-9(25-14-8-12(19)11(18)7-13(14)20)15(22)21-17(2)6-4-3-5-10(17)16(23)24/h3-10H,1-2H3,(H,21,22)(H,23,24). The molecule has 8 heteroatoms. The Morgan fingerprint density at radius 1 is 1.20 bits per heavy atom. The first-order chi connectivity index (χ1) is 11.6. The van der Waals surface area contributed by atoms with Crippen molar-refractivity contribution in [1.82, 2.24) is 5.32 Å². The molecule has 0 spiro atoms. The van der Waals surface area contributed by atoms with E-state index >= 15 is 0 Å². The van der Waals surface area contributed by atoms with Crippen molar-refractivity contribution >= 4 is 46.7 Å². The average Bonchev–Trinajstić information content (AvgIpc) is 2.52. The van der Waals surface area contributed by atoms with Gasteiger partial charge in [-0.1, -0.05) is 59.1 Å². The topological polar surface area (TPSA) is 75.6 Å². The van der Waals surface area contributed by atoms with Crippen LogP contribution in [0.5, 0.6) is 5.75 Å². The van der Waals surface area contributed by atoms with Gasteiger partial charge in [-0.05, 0) is 19.9 Å². The Kier molecular flexibility index (Phi) is 6.03. The number of hydrogen-bond acceptors (Lipinski definition) is 3. The van der Waals surface area contributed by atoms with Crippen LogP contribution >= 0.6 is 34.8 Å². The SMILES string of the molecule is CC(Oc1cc(Cl)c(Cl)cc1Cl)C(=O)NC1(C)C=CC=CC1C(=O)O. The first kappa shape index (κ1) is 19.6. The van der Waals surface area contributed by atoms with Crippen LogP contribution in [-0.4, -0.2) is 28.6 Å². The van der Waals surface area contributed by atoms with Gasteiger partial charge in [-0.15, -0.1) is 0 Å².